The van der Waals surface area contributed by atoms with Gasteiger partial charge in [0.05, 0.1) is 23.4 Å². The standard InChI is InChI=1S/C22H21F2N3O4S/c1-14(2)4-3-11-31-21-18(15-5-8-17(9-6-15)32(25,29)30)13-26-27(22(21)28)16-7-10-19(23)20(24)12-16/h4-10,12-13H,3,11H2,1-2H3,(H2,25,29,30). The van der Waals surface area contributed by atoms with Crippen molar-refractivity contribution in [3.63, 3.8) is 0 Å². The summed E-state index contributed by atoms with van der Waals surface area (Å²) in [4.78, 5) is 13.1. The van der Waals surface area contributed by atoms with Gasteiger partial charge >= 0.3 is 5.56 Å². The Morgan fingerprint density at radius 2 is 1.81 bits per heavy atom. The first-order chi connectivity index (χ1) is 15.1. The summed E-state index contributed by atoms with van der Waals surface area (Å²) in [6, 6.07) is 8.53. The van der Waals surface area contributed by atoms with E-state index in [-0.39, 0.29) is 22.9 Å². The molecule has 0 unspecified atom stereocenters. The summed E-state index contributed by atoms with van der Waals surface area (Å²) < 4.78 is 56.7. The number of aromatic nitrogens is 2. The Morgan fingerprint density at radius 3 is 2.41 bits per heavy atom. The third-order valence-corrected chi connectivity index (χ3v) is 5.42. The Balaban J connectivity index is 2.09. The van der Waals surface area contributed by atoms with Crippen LogP contribution < -0.4 is 15.4 Å². The van der Waals surface area contributed by atoms with E-state index in [1.54, 1.807) is 0 Å². The lowest BCUT2D eigenvalue weighted by molar-refractivity contribution is 0.318. The van der Waals surface area contributed by atoms with Crippen LogP contribution in [0, 0.1) is 11.6 Å². The first-order valence-corrected chi connectivity index (χ1v) is 11.1. The summed E-state index contributed by atoms with van der Waals surface area (Å²) in [7, 11) is -3.88. The molecule has 0 aliphatic carbocycles. The molecule has 0 spiro atoms. The van der Waals surface area contributed by atoms with Gasteiger partial charge in [0, 0.05) is 11.6 Å². The molecular weight excluding hydrogens is 440 g/mol. The smallest absolute Gasteiger partial charge is 0.314 e. The number of primary sulfonamides is 1. The van der Waals surface area contributed by atoms with Crippen molar-refractivity contribution < 1.29 is 21.9 Å². The third kappa shape index (κ3) is 5.27. The fraction of sp³-hybridized carbons (Fsp3) is 0.182. The maximum atomic E-state index is 13.7. The fourth-order valence-electron chi connectivity index (χ4n) is 2.92. The van der Waals surface area contributed by atoms with Crippen LogP contribution in [0.5, 0.6) is 5.75 Å². The van der Waals surface area contributed by atoms with Crippen LogP contribution in [0.2, 0.25) is 0 Å². The molecule has 32 heavy (non-hydrogen) atoms. The van der Waals surface area contributed by atoms with Gasteiger partial charge in [-0.2, -0.15) is 9.78 Å². The van der Waals surface area contributed by atoms with Gasteiger partial charge in [-0.3, -0.25) is 4.79 Å². The molecule has 0 aliphatic heterocycles. The highest BCUT2D eigenvalue weighted by Gasteiger charge is 2.17. The van der Waals surface area contributed by atoms with Crippen molar-refractivity contribution in [2.75, 3.05) is 6.61 Å². The quantitative estimate of drug-likeness (QED) is 0.428. The van der Waals surface area contributed by atoms with Crippen LogP contribution in [0.25, 0.3) is 16.8 Å². The van der Waals surface area contributed by atoms with Crippen molar-refractivity contribution in [3.05, 3.63) is 82.3 Å². The molecule has 2 aromatic carbocycles. The number of ether oxygens (including phenoxy) is 1. The van der Waals surface area contributed by atoms with Crippen molar-refractivity contribution in [3.8, 4) is 22.6 Å². The van der Waals surface area contributed by atoms with Crippen LogP contribution in [-0.2, 0) is 10.0 Å². The number of allylic oxidation sites excluding steroid dienone is 1. The Kier molecular flexibility index (Phi) is 6.85. The highest BCUT2D eigenvalue weighted by atomic mass is 32.2. The molecule has 10 heteroatoms. The highest BCUT2D eigenvalue weighted by molar-refractivity contribution is 7.89. The van der Waals surface area contributed by atoms with E-state index in [1.165, 1.54) is 36.5 Å². The zero-order chi connectivity index (χ0) is 23.5. The molecule has 0 aliphatic rings. The lowest BCUT2D eigenvalue weighted by Crippen LogP contribution is -2.24. The van der Waals surface area contributed by atoms with Gasteiger partial charge in [-0.15, -0.1) is 0 Å². The van der Waals surface area contributed by atoms with Crippen LogP contribution in [0.3, 0.4) is 0 Å². The average molecular weight is 461 g/mol. The number of nitrogens with zero attached hydrogens (tertiary/aromatic N) is 2. The number of sulfonamides is 1. The molecule has 0 amide bonds. The molecule has 0 atom stereocenters. The van der Waals surface area contributed by atoms with Gasteiger partial charge in [-0.05, 0) is 50.1 Å². The maximum absolute atomic E-state index is 13.7. The van der Waals surface area contributed by atoms with E-state index in [9.17, 15) is 22.0 Å². The Morgan fingerprint density at radius 1 is 1.12 bits per heavy atom. The molecule has 3 aromatic rings. The molecule has 1 aromatic heterocycles. The molecule has 0 radical (unpaired) electrons. The predicted octanol–water partition coefficient (Wildman–Crippen LogP) is 3.56. The zero-order valence-corrected chi connectivity index (χ0v) is 18.2. The molecule has 0 saturated heterocycles. The summed E-state index contributed by atoms with van der Waals surface area (Å²) in [5, 5.41) is 9.20. The van der Waals surface area contributed by atoms with E-state index < -0.39 is 27.2 Å². The second-order valence-electron chi connectivity index (χ2n) is 7.19. The van der Waals surface area contributed by atoms with Crippen LogP contribution >= 0.6 is 0 Å². The molecule has 1 heterocycles. The molecule has 2 N–H and O–H groups in total. The molecule has 0 saturated carbocycles. The topological polar surface area (TPSA) is 104 Å². The summed E-state index contributed by atoms with van der Waals surface area (Å²) in [5.74, 6) is -2.23. The lowest BCUT2D eigenvalue weighted by atomic mass is 10.1. The Labute approximate surface area is 183 Å². The number of hydrogen-bond acceptors (Lipinski definition) is 5. The van der Waals surface area contributed by atoms with Gasteiger partial charge < -0.3 is 4.74 Å². The Bertz CT molecular complexity index is 1330. The second-order valence-corrected chi connectivity index (χ2v) is 8.75. The first kappa shape index (κ1) is 23.3. The SMILES string of the molecule is CC(C)=CCCOc1c(-c2ccc(S(N)(=O)=O)cc2)cnn(-c2ccc(F)c(F)c2)c1=O. The molecule has 3 rings (SSSR count). The minimum atomic E-state index is -3.88. The minimum Gasteiger partial charge on any atom is -0.487 e. The normalized spacial score (nSPS) is 11.3. The highest BCUT2D eigenvalue weighted by Crippen LogP contribution is 2.28. The van der Waals surface area contributed by atoms with Crippen molar-refractivity contribution in [2.45, 2.75) is 25.2 Å². The molecule has 0 bridgehead atoms. The van der Waals surface area contributed by atoms with Gasteiger partial charge in [-0.25, -0.2) is 22.3 Å². The number of rotatable bonds is 7. The van der Waals surface area contributed by atoms with Crippen LogP contribution in [0.15, 0.2) is 70.0 Å². The van der Waals surface area contributed by atoms with Crippen molar-refractivity contribution in [2.24, 2.45) is 5.14 Å². The van der Waals surface area contributed by atoms with E-state index in [0.29, 0.717) is 17.5 Å². The van der Waals surface area contributed by atoms with Crippen molar-refractivity contribution >= 4 is 10.0 Å². The molecule has 7 nitrogen and oxygen atoms in total. The summed E-state index contributed by atoms with van der Waals surface area (Å²) in [6.07, 6.45) is 3.82. The number of hydrogen-bond donors (Lipinski definition) is 1. The first-order valence-electron chi connectivity index (χ1n) is 9.55. The van der Waals surface area contributed by atoms with E-state index in [1.807, 2.05) is 19.9 Å². The lowest BCUT2D eigenvalue weighted by Gasteiger charge is -2.13. The monoisotopic (exact) mass is 461 g/mol. The molecule has 0 fully saturated rings. The van der Waals surface area contributed by atoms with Crippen LogP contribution in [0.4, 0.5) is 8.78 Å². The van der Waals surface area contributed by atoms with Gasteiger partial charge in [0.2, 0.25) is 10.0 Å². The van der Waals surface area contributed by atoms with Crippen molar-refractivity contribution in [1.29, 1.82) is 0 Å². The summed E-state index contributed by atoms with van der Waals surface area (Å²) >= 11 is 0. The fourth-order valence-corrected chi connectivity index (χ4v) is 3.43. The maximum Gasteiger partial charge on any atom is 0.314 e. The van der Waals surface area contributed by atoms with Gasteiger partial charge in [0.1, 0.15) is 0 Å². The van der Waals surface area contributed by atoms with E-state index in [4.69, 9.17) is 9.88 Å². The zero-order valence-electron chi connectivity index (χ0n) is 17.4. The number of benzene rings is 2. The van der Waals surface area contributed by atoms with E-state index in [2.05, 4.69) is 5.10 Å². The summed E-state index contributed by atoms with van der Waals surface area (Å²) in [6.45, 7) is 4.05. The minimum absolute atomic E-state index is 0.0270. The molecule has 168 valence electrons. The van der Waals surface area contributed by atoms with Gasteiger partial charge in [-0.1, -0.05) is 23.8 Å². The average Bonchev–Trinajstić information content (AvgIpc) is 2.73. The van der Waals surface area contributed by atoms with Crippen molar-refractivity contribution in [1.82, 2.24) is 9.78 Å². The van der Waals surface area contributed by atoms with Gasteiger partial charge in [0.25, 0.3) is 0 Å². The third-order valence-electron chi connectivity index (χ3n) is 4.49. The molecular formula is C22H21F2N3O4S. The summed E-state index contributed by atoms with van der Waals surface area (Å²) in [5.41, 5.74) is 1.21. The predicted molar refractivity (Wildman–Crippen MR) is 116 cm³/mol. The van der Waals surface area contributed by atoms with E-state index in [0.717, 1.165) is 22.4 Å². The van der Waals surface area contributed by atoms with Gasteiger partial charge in [0.15, 0.2) is 17.4 Å². The number of nitrogens with two attached hydrogens (primary N) is 1. The van der Waals surface area contributed by atoms with E-state index >= 15 is 0 Å². The van der Waals surface area contributed by atoms with Crippen LogP contribution in [-0.4, -0.2) is 24.8 Å². The largest absolute Gasteiger partial charge is 0.487 e. The second kappa shape index (κ2) is 9.41. The van der Waals surface area contributed by atoms with Crippen LogP contribution in [0.1, 0.15) is 20.3 Å². The Hall–Kier alpha value is -3.37. The number of halogens is 2.